The van der Waals surface area contributed by atoms with Gasteiger partial charge in [-0.25, -0.2) is 4.39 Å². The van der Waals surface area contributed by atoms with Crippen LogP contribution in [0, 0.1) is 5.82 Å². The van der Waals surface area contributed by atoms with Crippen molar-refractivity contribution in [2.24, 2.45) is 0 Å². The number of halogens is 2. The zero-order valence-corrected chi connectivity index (χ0v) is 9.22. The number of hydrazine groups is 1. The molecule has 0 aromatic heterocycles. The third-order valence-electron chi connectivity index (χ3n) is 1.77. The van der Waals surface area contributed by atoms with Gasteiger partial charge < -0.3 is 0 Å². The Bertz CT molecular complexity index is 392. The van der Waals surface area contributed by atoms with E-state index in [4.69, 9.17) is 11.6 Å². The SMILES string of the molecule is CC(Cl)C(=O)NNC(=O)c1ccc(F)cc1. The Balaban J connectivity index is 2.53. The number of benzene rings is 1. The molecule has 1 atom stereocenters. The number of hydrogen-bond acceptors (Lipinski definition) is 2. The third-order valence-corrected chi connectivity index (χ3v) is 1.97. The largest absolute Gasteiger partial charge is 0.272 e. The highest BCUT2D eigenvalue weighted by Gasteiger charge is 2.10. The lowest BCUT2D eigenvalue weighted by molar-refractivity contribution is -0.121. The fourth-order valence-electron chi connectivity index (χ4n) is 0.891. The number of amides is 2. The van der Waals surface area contributed by atoms with E-state index in [1.54, 1.807) is 0 Å². The van der Waals surface area contributed by atoms with Crippen LogP contribution in [0.1, 0.15) is 17.3 Å². The smallest absolute Gasteiger partial charge is 0.269 e. The molecule has 0 saturated carbocycles. The molecule has 0 bridgehead atoms. The number of hydrogen-bond donors (Lipinski definition) is 2. The molecule has 1 aromatic rings. The number of rotatable bonds is 2. The predicted molar refractivity (Wildman–Crippen MR) is 57.3 cm³/mol. The lowest BCUT2D eigenvalue weighted by Gasteiger charge is -2.08. The summed E-state index contributed by atoms with van der Waals surface area (Å²) >= 11 is 5.47. The fourth-order valence-corrected chi connectivity index (χ4v) is 0.946. The van der Waals surface area contributed by atoms with Crippen molar-refractivity contribution in [1.29, 1.82) is 0 Å². The van der Waals surface area contributed by atoms with Crippen LogP contribution in [-0.4, -0.2) is 17.2 Å². The van der Waals surface area contributed by atoms with Crippen LogP contribution in [0.25, 0.3) is 0 Å². The summed E-state index contributed by atoms with van der Waals surface area (Å²) in [7, 11) is 0. The topological polar surface area (TPSA) is 58.2 Å². The standard InChI is InChI=1S/C10H10ClFN2O2/c1-6(11)9(15)13-14-10(16)7-2-4-8(12)5-3-7/h2-6H,1H3,(H,13,15)(H,14,16). The van der Waals surface area contributed by atoms with Crippen molar-refractivity contribution in [1.82, 2.24) is 10.9 Å². The van der Waals surface area contributed by atoms with Gasteiger partial charge in [0.2, 0.25) is 0 Å². The van der Waals surface area contributed by atoms with Gasteiger partial charge in [-0.2, -0.15) is 0 Å². The van der Waals surface area contributed by atoms with Crippen molar-refractivity contribution in [2.75, 3.05) is 0 Å². The minimum Gasteiger partial charge on any atom is -0.272 e. The summed E-state index contributed by atoms with van der Waals surface area (Å²) in [6.45, 7) is 1.47. The summed E-state index contributed by atoms with van der Waals surface area (Å²) in [5.74, 6) is -1.49. The van der Waals surface area contributed by atoms with E-state index in [2.05, 4.69) is 10.9 Å². The fraction of sp³-hybridized carbons (Fsp3) is 0.200. The molecule has 0 spiro atoms. The van der Waals surface area contributed by atoms with Gasteiger partial charge in [0, 0.05) is 5.56 Å². The first-order chi connectivity index (χ1) is 7.50. The van der Waals surface area contributed by atoms with Crippen LogP contribution in [-0.2, 0) is 4.79 Å². The Labute approximate surface area is 96.8 Å². The molecule has 0 aliphatic carbocycles. The minimum atomic E-state index is -0.742. The first kappa shape index (κ1) is 12.4. The van der Waals surface area contributed by atoms with Crippen molar-refractivity contribution in [3.05, 3.63) is 35.6 Å². The monoisotopic (exact) mass is 244 g/mol. The molecule has 2 N–H and O–H groups in total. The zero-order valence-electron chi connectivity index (χ0n) is 8.46. The van der Waals surface area contributed by atoms with Gasteiger partial charge in [-0.05, 0) is 31.2 Å². The summed E-state index contributed by atoms with van der Waals surface area (Å²) in [5, 5.41) is -0.742. The second-order valence-electron chi connectivity index (χ2n) is 3.07. The maximum atomic E-state index is 12.6. The lowest BCUT2D eigenvalue weighted by atomic mass is 10.2. The van der Waals surface area contributed by atoms with E-state index in [1.807, 2.05) is 0 Å². The Hall–Kier alpha value is -1.62. The summed E-state index contributed by atoms with van der Waals surface area (Å²) in [5.41, 5.74) is 4.52. The van der Waals surface area contributed by atoms with Gasteiger partial charge in [0.15, 0.2) is 0 Å². The Morgan fingerprint density at radius 1 is 1.25 bits per heavy atom. The summed E-state index contributed by atoms with van der Waals surface area (Å²) in [6.07, 6.45) is 0. The normalized spacial score (nSPS) is 11.7. The molecule has 0 fully saturated rings. The second-order valence-corrected chi connectivity index (χ2v) is 3.72. The minimum absolute atomic E-state index is 0.240. The Morgan fingerprint density at radius 3 is 2.31 bits per heavy atom. The van der Waals surface area contributed by atoms with Crippen molar-refractivity contribution < 1.29 is 14.0 Å². The molecule has 86 valence electrons. The van der Waals surface area contributed by atoms with E-state index in [0.717, 1.165) is 12.1 Å². The molecular formula is C10H10ClFN2O2. The van der Waals surface area contributed by atoms with Gasteiger partial charge in [-0.1, -0.05) is 0 Å². The molecule has 1 rings (SSSR count). The molecular weight excluding hydrogens is 235 g/mol. The number of nitrogens with one attached hydrogen (secondary N) is 2. The maximum Gasteiger partial charge on any atom is 0.269 e. The first-order valence-electron chi connectivity index (χ1n) is 4.50. The first-order valence-corrected chi connectivity index (χ1v) is 4.94. The van der Waals surface area contributed by atoms with Crippen molar-refractivity contribution in [3.63, 3.8) is 0 Å². The van der Waals surface area contributed by atoms with Crippen molar-refractivity contribution in [2.45, 2.75) is 12.3 Å². The molecule has 0 aliphatic heterocycles. The molecule has 16 heavy (non-hydrogen) atoms. The van der Waals surface area contributed by atoms with E-state index in [-0.39, 0.29) is 5.56 Å². The Kier molecular flexibility index (Phi) is 4.25. The molecule has 6 heteroatoms. The van der Waals surface area contributed by atoms with E-state index >= 15 is 0 Å². The highest BCUT2D eigenvalue weighted by molar-refractivity contribution is 6.30. The van der Waals surface area contributed by atoms with Crippen LogP contribution in [0.5, 0.6) is 0 Å². The molecule has 1 unspecified atom stereocenters. The van der Waals surface area contributed by atoms with E-state index in [0.29, 0.717) is 0 Å². The van der Waals surface area contributed by atoms with E-state index in [9.17, 15) is 14.0 Å². The second kappa shape index (κ2) is 5.46. The lowest BCUT2D eigenvalue weighted by Crippen LogP contribution is -2.44. The highest BCUT2D eigenvalue weighted by Crippen LogP contribution is 2.01. The van der Waals surface area contributed by atoms with Gasteiger partial charge in [0.25, 0.3) is 11.8 Å². The average Bonchev–Trinajstić information content (AvgIpc) is 2.26. The van der Waals surface area contributed by atoms with Gasteiger partial charge in [-0.3, -0.25) is 20.4 Å². The third kappa shape index (κ3) is 3.51. The molecule has 0 heterocycles. The van der Waals surface area contributed by atoms with Crippen LogP contribution in [0.2, 0.25) is 0 Å². The molecule has 0 saturated heterocycles. The van der Waals surface area contributed by atoms with Crippen LogP contribution in [0.15, 0.2) is 24.3 Å². The van der Waals surface area contributed by atoms with Crippen LogP contribution in [0.4, 0.5) is 4.39 Å². The molecule has 4 nitrogen and oxygen atoms in total. The number of carbonyl (C=O) groups excluding carboxylic acids is 2. The summed E-state index contributed by atoms with van der Waals surface area (Å²) in [6, 6.07) is 4.92. The van der Waals surface area contributed by atoms with Gasteiger partial charge in [0.05, 0.1) is 0 Å². The average molecular weight is 245 g/mol. The zero-order chi connectivity index (χ0) is 12.1. The van der Waals surface area contributed by atoms with Crippen molar-refractivity contribution in [3.8, 4) is 0 Å². The quantitative estimate of drug-likeness (QED) is 0.607. The van der Waals surface area contributed by atoms with Crippen LogP contribution in [0.3, 0.4) is 0 Å². The van der Waals surface area contributed by atoms with Crippen molar-refractivity contribution >= 4 is 23.4 Å². The van der Waals surface area contributed by atoms with E-state index < -0.39 is 23.0 Å². The maximum absolute atomic E-state index is 12.6. The van der Waals surface area contributed by atoms with Crippen LogP contribution < -0.4 is 10.9 Å². The number of alkyl halides is 1. The van der Waals surface area contributed by atoms with Gasteiger partial charge >= 0.3 is 0 Å². The van der Waals surface area contributed by atoms with Crippen LogP contribution >= 0.6 is 11.6 Å². The Morgan fingerprint density at radius 2 is 1.81 bits per heavy atom. The van der Waals surface area contributed by atoms with E-state index in [1.165, 1.54) is 19.1 Å². The molecule has 1 aromatic carbocycles. The highest BCUT2D eigenvalue weighted by atomic mass is 35.5. The van der Waals surface area contributed by atoms with Gasteiger partial charge in [-0.15, -0.1) is 11.6 Å². The number of carbonyl (C=O) groups is 2. The molecule has 2 amide bonds. The molecule has 0 aliphatic rings. The summed E-state index contributed by atoms with van der Waals surface area (Å²) in [4.78, 5) is 22.4. The summed E-state index contributed by atoms with van der Waals surface area (Å²) < 4.78 is 12.6. The predicted octanol–water partition coefficient (Wildman–Crippen LogP) is 1.21. The molecule has 0 radical (unpaired) electrons. The van der Waals surface area contributed by atoms with Gasteiger partial charge in [0.1, 0.15) is 11.2 Å².